The molecule has 3 nitrogen and oxygen atoms in total. The summed E-state index contributed by atoms with van der Waals surface area (Å²) in [6.45, 7) is 0. The van der Waals surface area contributed by atoms with Crippen molar-refractivity contribution in [2.24, 2.45) is 4.99 Å². The average Bonchev–Trinajstić information content (AvgIpc) is 2.14. The Morgan fingerprint density at radius 1 is 1.89 bits per heavy atom. The van der Waals surface area contributed by atoms with E-state index in [0.717, 1.165) is 0 Å². The van der Waals surface area contributed by atoms with Gasteiger partial charge in [0.15, 0.2) is 4.32 Å². The van der Waals surface area contributed by atoms with E-state index in [-0.39, 0.29) is 5.71 Å². The van der Waals surface area contributed by atoms with Crippen molar-refractivity contribution in [3.8, 4) is 0 Å². The number of carbonyl (C=O) groups is 1. The highest BCUT2D eigenvalue weighted by Crippen LogP contribution is 2.13. The Balaban J connectivity index is 2.74. The van der Waals surface area contributed by atoms with Gasteiger partial charge in [-0.05, 0) is 0 Å². The first kappa shape index (κ1) is 6.70. The third-order valence-electron chi connectivity index (χ3n) is 0.805. The lowest BCUT2D eigenvalue weighted by Gasteiger charge is -1.83. The molecule has 0 aromatic heterocycles. The molecule has 0 unspecified atom stereocenters. The quantitative estimate of drug-likeness (QED) is 0.570. The fourth-order valence-corrected chi connectivity index (χ4v) is 1.32. The van der Waals surface area contributed by atoms with Crippen molar-refractivity contribution in [3.05, 3.63) is 0 Å². The molecule has 0 radical (unpaired) electrons. The Bertz CT molecular complexity index is 199. The summed E-state index contributed by atoms with van der Waals surface area (Å²) in [5.74, 6) is -0.559. The summed E-state index contributed by atoms with van der Waals surface area (Å²) in [6.07, 6.45) is 0. The molecule has 5 heteroatoms. The molecule has 0 atom stereocenters. The first-order valence-electron chi connectivity index (χ1n) is 2.18. The normalized spacial score (nSPS) is 17.8. The zero-order valence-electron chi connectivity index (χ0n) is 4.33. The van der Waals surface area contributed by atoms with Crippen LogP contribution in [0.2, 0.25) is 0 Å². The second-order valence-electron chi connectivity index (χ2n) is 1.42. The number of nitrogens with zero attached hydrogens (tertiary/aromatic N) is 1. The van der Waals surface area contributed by atoms with Crippen molar-refractivity contribution in [3.63, 3.8) is 0 Å². The second kappa shape index (κ2) is 2.45. The number of thioether (sulfide) groups is 1. The molecule has 0 aliphatic carbocycles. The molecule has 0 fully saturated rings. The molecule has 1 aliphatic heterocycles. The lowest BCUT2D eigenvalue weighted by atomic mass is 10.4. The predicted octanol–water partition coefficient (Wildman–Crippen LogP) is 0.544. The highest BCUT2D eigenvalue weighted by atomic mass is 32.2. The van der Waals surface area contributed by atoms with E-state index in [4.69, 9.17) is 5.11 Å². The summed E-state index contributed by atoms with van der Waals surface area (Å²) in [6, 6.07) is 0. The fourth-order valence-electron chi connectivity index (χ4n) is 0.414. The van der Waals surface area contributed by atoms with Gasteiger partial charge in [0, 0.05) is 0 Å². The molecule has 9 heavy (non-hydrogen) atoms. The van der Waals surface area contributed by atoms with Crippen molar-refractivity contribution in [2.45, 2.75) is 0 Å². The minimum absolute atomic E-state index is 0.157. The van der Waals surface area contributed by atoms with Crippen molar-refractivity contribution in [1.29, 1.82) is 0 Å². The highest BCUT2D eigenvalue weighted by Gasteiger charge is 2.17. The monoisotopic (exact) mass is 161 g/mol. The summed E-state index contributed by atoms with van der Waals surface area (Å²) < 4.78 is 0.424. The molecular weight excluding hydrogens is 158 g/mol. The van der Waals surface area contributed by atoms with E-state index in [1.165, 1.54) is 11.8 Å². The number of hydrogen-bond acceptors (Lipinski definition) is 3. The Kier molecular flexibility index (Phi) is 1.82. The molecule has 0 saturated heterocycles. The zero-order valence-corrected chi connectivity index (χ0v) is 5.96. The Labute approximate surface area is 61.2 Å². The maximum atomic E-state index is 10.1. The number of carboxylic acid groups (broad SMARTS) is 1. The van der Waals surface area contributed by atoms with E-state index in [2.05, 4.69) is 17.2 Å². The van der Waals surface area contributed by atoms with E-state index in [0.29, 0.717) is 10.1 Å². The lowest BCUT2D eigenvalue weighted by molar-refractivity contribution is -0.129. The van der Waals surface area contributed by atoms with E-state index < -0.39 is 5.97 Å². The second-order valence-corrected chi connectivity index (χ2v) is 3.03. The fraction of sp³-hybridized carbons (Fsp3) is 0.250. The maximum absolute atomic E-state index is 10.1. The van der Waals surface area contributed by atoms with Gasteiger partial charge >= 0.3 is 5.97 Å². The Morgan fingerprint density at radius 3 is 2.78 bits per heavy atom. The Hall–Kier alpha value is -0.420. The third kappa shape index (κ3) is 1.49. The topological polar surface area (TPSA) is 49.7 Å². The number of carboxylic acids is 1. The molecule has 1 heterocycles. The molecule has 1 N–H and O–H groups in total. The minimum atomic E-state index is -0.970. The molecule has 0 bridgehead atoms. The molecule has 0 spiro atoms. The van der Waals surface area contributed by atoms with Gasteiger partial charge in [-0.2, -0.15) is 0 Å². The standard InChI is InChI=1S/C4H3NO2S2/c6-3(7)2-1-9-4(8)5-2/h1H2,(H,6,7). The SMILES string of the molecule is O=C(O)C1=NC(=S)SC1. The van der Waals surface area contributed by atoms with E-state index in [9.17, 15) is 4.79 Å². The lowest BCUT2D eigenvalue weighted by Crippen LogP contribution is -2.11. The molecule has 0 amide bonds. The summed E-state index contributed by atoms with van der Waals surface area (Å²) in [5.41, 5.74) is 0.157. The van der Waals surface area contributed by atoms with Gasteiger partial charge in [0.05, 0.1) is 5.75 Å². The van der Waals surface area contributed by atoms with Crippen LogP contribution in [0.4, 0.5) is 0 Å². The van der Waals surface area contributed by atoms with Crippen molar-refractivity contribution >= 4 is 40.0 Å². The Morgan fingerprint density at radius 2 is 2.56 bits per heavy atom. The molecule has 0 aromatic rings. The third-order valence-corrected chi connectivity index (χ3v) is 2.01. The summed E-state index contributed by atoms with van der Waals surface area (Å²) in [5, 5.41) is 8.33. The van der Waals surface area contributed by atoms with Crippen LogP contribution in [0, 0.1) is 0 Å². The van der Waals surface area contributed by atoms with Crippen molar-refractivity contribution in [1.82, 2.24) is 0 Å². The number of aliphatic imine (C=N–C) groups is 1. The number of rotatable bonds is 1. The smallest absolute Gasteiger partial charge is 0.351 e. The number of aliphatic carboxylic acids is 1. The van der Waals surface area contributed by atoms with Gasteiger partial charge in [-0.15, -0.1) is 0 Å². The first-order chi connectivity index (χ1) is 4.20. The molecule has 1 rings (SSSR count). The average molecular weight is 161 g/mol. The van der Waals surface area contributed by atoms with Gasteiger partial charge in [-0.3, -0.25) is 0 Å². The van der Waals surface area contributed by atoms with Crippen LogP contribution in [-0.2, 0) is 4.79 Å². The molecule has 0 saturated carbocycles. The van der Waals surface area contributed by atoms with Crippen molar-refractivity contribution < 1.29 is 9.90 Å². The highest BCUT2D eigenvalue weighted by molar-refractivity contribution is 8.24. The zero-order chi connectivity index (χ0) is 6.85. The molecule has 1 aliphatic rings. The number of thiocarbonyl (C=S) groups is 1. The van der Waals surface area contributed by atoms with E-state index in [1.807, 2.05) is 0 Å². The molecular formula is C4H3NO2S2. The van der Waals surface area contributed by atoms with Gasteiger partial charge < -0.3 is 5.11 Å². The largest absolute Gasteiger partial charge is 0.477 e. The van der Waals surface area contributed by atoms with Gasteiger partial charge in [-0.25, -0.2) is 9.79 Å². The van der Waals surface area contributed by atoms with Crippen LogP contribution in [0.15, 0.2) is 4.99 Å². The summed E-state index contributed by atoms with van der Waals surface area (Å²) in [4.78, 5) is 13.7. The van der Waals surface area contributed by atoms with E-state index >= 15 is 0 Å². The van der Waals surface area contributed by atoms with Crippen LogP contribution in [0.1, 0.15) is 0 Å². The van der Waals surface area contributed by atoms with Crippen LogP contribution in [0.3, 0.4) is 0 Å². The van der Waals surface area contributed by atoms with Crippen LogP contribution in [0.5, 0.6) is 0 Å². The van der Waals surface area contributed by atoms with Crippen LogP contribution in [-0.4, -0.2) is 26.9 Å². The summed E-state index contributed by atoms with van der Waals surface area (Å²) in [7, 11) is 0. The van der Waals surface area contributed by atoms with Crippen LogP contribution < -0.4 is 0 Å². The molecule has 0 aromatic carbocycles. The minimum Gasteiger partial charge on any atom is -0.477 e. The van der Waals surface area contributed by atoms with Gasteiger partial charge in [-0.1, -0.05) is 24.0 Å². The van der Waals surface area contributed by atoms with Gasteiger partial charge in [0.1, 0.15) is 5.71 Å². The summed E-state index contributed by atoms with van der Waals surface area (Å²) >= 11 is 5.91. The molecule has 48 valence electrons. The first-order valence-corrected chi connectivity index (χ1v) is 3.57. The maximum Gasteiger partial charge on any atom is 0.351 e. The van der Waals surface area contributed by atoms with Crippen molar-refractivity contribution in [2.75, 3.05) is 5.75 Å². The number of hydrogen-bond donors (Lipinski definition) is 1. The predicted molar refractivity (Wildman–Crippen MR) is 40.1 cm³/mol. The van der Waals surface area contributed by atoms with Gasteiger partial charge in [0.25, 0.3) is 0 Å². The van der Waals surface area contributed by atoms with E-state index in [1.54, 1.807) is 0 Å². The van der Waals surface area contributed by atoms with Crippen LogP contribution in [0.25, 0.3) is 0 Å². The van der Waals surface area contributed by atoms with Crippen LogP contribution >= 0.6 is 24.0 Å². The van der Waals surface area contributed by atoms with Gasteiger partial charge in [0.2, 0.25) is 0 Å².